The van der Waals surface area contributed by atoms with Crippen molar-refractivity contribution in [2.75, 3.05) is 26.3 Å². The largest absolute Gasteiger partial charge is 0.484 e. The monoisotopic (exact) mass is 374 g/mol. The summed E-state index contributed by atoms with van der Waals surface area (Å²) in [6, 6.07) is 7.99. The first-order chi connectivity index (χ1) is 13.2. The molecule has 3 heterocycles. The maximum Gasteiger partial charge on any atom is 0.272 e. The molecule has 27 heavy (non-hydrogen) atoms. The molecular formula is C19H23FN4O3. The van der Waals surface area contributed by atoms with Gasteiger partial charge in [-0.05, 0) is 44.1 Å². The number of H-pyrrole nitrogens is 1. The minimum Gasteiger partial charge on any atom is -0.484 e. The van der Waals surface area contributed by atoms with E-state index in [9.17, 15) is 9.18 Å². The Kier molecular flexibility index (Phi) is 5.35. The van der Waals surface area contributed by atoms with Gasteiger partial charge in [-0.2, -0.15) is 5.10 Å². The van der Waals surface area contributed by atoms with E-state index in [0.717, 1.165) is 13.1 Å². The molecule has 2 aliphatic heterocycles. The first-order valence-corrected chi connectivity index (χ1v) is 9.25. The van der Waals surface area contributed by atoms with Crippen molar-refractivity contribution in [1.29, 1.82) is 0 Å². The Morgan fingerprint density at radius 3 is 2.96 bits per heavy atom. The van der Waals surface area contributed by atoms with E-state index in [1.165, 1.54) is 18.9 Å². The molecule has 0 spiro atoms. The van der Waals surface area contributed by atoms with Crippen LogP contribution in [-0.4, -0.2) is 59.4 Å². The SMILES string of the molecule is O=C(N[C@@H]1COC[C@H]1N1CCCC1)c1cc(COc2ccccc2F)[nH]n1. The molecule has 2 fully saturated rings. The molecule has 0 aliphatic carbocycles. The number of carbonyl (C=O) groups is 1. The molecule has 0 unspecified atom stereocenters. The summed E-state index contributed by atoms with van der Waals surface area (Å²) in [5.74, 6) is -0.512. The van der Waals surface area contributed by atoms with Crippen molar-refractivity contribution in [3.8, 4) is 5.75 Å². The van der Waals surface area contributed by atoms with Gasteiger partial charge < -0.3 is 14.8 Å². The molecular weight excluding hydrogens is 351 g/mol. The highest BCUT2D eigenvalue weighted by molar-refractivity contribution is 5.92. The van der Waals surface area contributed by atoms with Crippen molar-refractivity contribution in [2.24, 2.45) is 0 Å². The molecule has 0 saturated carbocycles. The number of ether oxygens (including phenoxy) is 2. The van der Waals surface area contributed by atoms with E-state index in [1.54, 1.807) is 24.3 Å². The lowest BCUT2D eigenvalue weighted by Gasteiger charge is -2.27. The summed E-state index contributed by atoms with van der Waals surface area (Å²) in [6.45, 7) is 3.37. The van der Waals surface area contributed by atoms with E-state index in [0.29, 0.717) is 18.9 Å². The van der Waals surface area contributed by atoms with Gasteiger partial charge in [-0.25, -0.2) is 4.39 Å². The fourth-order valence-electron chi connectivity index (χ4n) is 3.63. The van der Waals surface area contributed by atoms with Crippen LogP contribution in [0.3, 0.4) is 0 Å². The summed E-state index contributed by atoms with van der Waals surface area (Å²) >= 11 is 0. The van der Waals surface area contributed by atoms with Gasteiger partial charge in [0.1, 0.15) is 12.3 Å². The fourth-order valence-corrected chi connectivity index (χ4v) is 3.63. The molecule has 1 aromatic carbocycles. The lowest BCUT2D eigenvalue weighted by molar-refractivity contribution is 0.0911. The Bertz CT molecular complexity index is 791. The van der Waals surface area contributed by atoms with E-state index in [-0.39, 0.29) is 36.0 Å². The zero-order chi connectivity index (χ0) is 18.6. The summed E-state index contributed by atoms with van der Waals surface area (Å²) in [5, 5.41) is 9.85. The third kappa shape index (κ3) is 4.12. The molecule has 144 valence electrons. The molecule has 0 radical (unpaired) electrons. The van der Waals surface area contributed by atoms with Crippen LogP contribution in [0.5, 0.6) is 5.75 Å². The molecule has 2 aliphatic rings. The van der Waals surface area contributed by atoms with Gasteiger partial charge in [-0.1, -0.05) is 12.1 Å². The van der Waals surface area contributed by atoms with Gasteiger partial charge in [0, 0.05) is 0 Å². The molecule has 2 saturated heterocycles. The summed E-state index contributed by atoms with van der Waals surface area (Å²) in [7, 11) is 0. The van der Waals surface area contributed by atoms with E-state index in [1.807, 2.05) is 0 Å². The number of aromatic amines is 1. The van der Waals surface area contributed by atoms with Crippen molar-refractivity contribution in [1.82, 2.24) is 20.4 Å². The number of carbonyl (C=O) groups excluding carboxylic acids is 1. The van der Waals surface area contributed by atoms with Crippen molar-refractivity contribution >= 4 is 5.91 Å². The van der Waals surface area contributed by atoms with Gasteiger partial charge in [-0.3, -0.25) is 14.8 Å². The second-order valence-corrected chi connectivity index (χ2v) is 6.93. The van der Waals surface area contributed by atoms with Crippen LogP contribution in [0.1, 0.15) is 29.0 Å². The van der Waals surface area contributed by atoms with Crippen LogP contribution in [0.2, 0.25) is 0 Å². The van der Waals surface area contributed by atoms with Crippen LogP contribution in [0.15, 0.2) is 30.3 Å². The van der Waals surface area contributed by atoms with E-state index in [4.69, 9.17) is 9.47 Å². The number of hydrogen-bond donors (Lipinski definition) is 2. The minimum atomic E-state index is -0.427. The second-order valence-electron chi connectivity index (χ2n) is 6.93. The first-order valence-electron chi connectivity index (χ1n) is 9.25. The van der Waals surface area contributed by atoms with Gasteiger partial charge in [0.15, 0.2) is 11.6 Å². The average molecular weight is 374 g/mol. The fraction of sp³-hybridized carbons (Fsp3) is 0.474. The normalized spacial score (nSPS) is 22.9. The number of amides is 1. The van der Waals surface area contributed by atoms with Gasteiger partial charge in [0.25, 0.3) is 5.91 Å². The number of benzene rings is 1. The van der Waals surface area contributed by atoms with Gasteiger partial charge >= 0.3 is 0 Å². The van der Waals surface area contributed by atoms with Crippen LogP contribution < -0.4 is 10.1 Å². The average Bonchev–Trinajstić information content (AvgIpc) is 3.42. The van der Waals surface area contributed by atoms with Crippen LogP contribution in [0.25, 0.3) is 0 Å². The van der Waals surface area contributed by atoms with Crippen LogP contribution in [-0.2, 0) is 11.3 Å². The van der Waals surface area contributed by atoms with E-state index >= 15 is 0 Å². The topological polar surface area (TPSA) is 79.5 Å². The second kappa shape index (κ2) is 8.06. The standard InChI is InChI=1S/C19H23FN4O3/c20-14-5-1-2-6-18(14)27-10-13-9-15(23-22-13)19(25)21-16-11-26-12-17(16)24-7-3-4-8-24/h1-2,5-6,9,16-17H,3-4,7-8,10-12H2,(H,21,25)(H,22,23)/t16-,17-/m1/s1. The molecule has 8 heteroatoms. The highest BCUT2D eigenvalue weighted by Crippen LogP contribution is 2.20. The van der Waals surface area contributed by atoms with Gasteiger partial charge in [0.05, 0.1) is 31.0 Å². The quantitative estimate of drug-likeness (QED) is 0.805. The molecule has 2 atom stereocenters. The number of aromatic nitrogens is 2. The Balaban J connectivity index is 1.33. The number of nitrogens with one attached hydrogen (secondary N) is 2. The highest BCUT2D eigenvalue weighted by atomic mass is 19.1. The molecule has 1 amide bonds. The first kappa shape index (κ1) is 17.9. The molecule has 2 aromatic rings. The smallest absolute Gasteiger partial charge is 0.272 e. The van der Waals surface area contributed by atoms with Crippen molar-refractivity contribution in [3.05, 3.63) is 47.5 Å². The van der Waals surface area contributed by atoms with Crippen LogP contribution >= 0.6 is 0 Å². The van der Waals surface area contributed by atoms with Crippen molar-refractivity contribution in [2.45, 2.75) is 31.5 Å². The number of rotatable bonds is 6. The highest BCUT2D eigenvalue weighted by Gasteiger charge is 2.35. The van der Waals surface area contributed by atoms with Crippen molar-refractivity contribution in [3.63, 3.8) is 0 Å². The lowest BCUT2D eigenvalue weighted by Crippen LogP contribution is -2.50. The van der Waals surface area contributed by atoms with E-state index < -0.39 is 5.82 Å². The molecule has 7 nitrogen and oxygen atoms in total. The summed E-state index contributed by atoms with van der Waals surface area (Å²) in [5.41, 5.74) is 0.886. The maximum atomic E-state index is 13.6. The van der Waals surface area contributed by atoms with Gasteiger partial charge in [0.2, 0.25) is 0 Å². The van der Waals surface area contributed by atoms with E-state index in [2.05, 4.69) is 20.4 Å². The Morgan fingerprint density at radius 1 is 1.33 bits per heavy atom. The summed E-state index contributed by atoms with van der Waals surface area (Å²) in [4.78, 5) is 14.9. The van der Waals surface area contributed by atoms with Crippen molar-refractivity contribution < 1.29 is 18.7 Å². The Morgan fingerprint density at radius 2 is 2.15 bits per heavy atom. The third-order valence-electron chi connectivity index (χ3n) is 5.06. The third-order valence-corrected chi connectivity index (χ3v) is 5.06. The predicted molar refractivity (Wildman–Crippen MR) is 96.0 cm³/mol. The van der Waals surface area contributed by atoms with Crippen LogP contribution in [0.4, 0.5) is 4.39 Å². The molecule has 0 bridgehead atoms. The summed E-state index contributed by atoms with van der Waals surface area (Å²) < 4.78 is 24.6. The number of para-hydroxylation sites is 1. The molecule has 2 N–H and O–H groups in total. The molecule has 4 rings (SSSR count). The number of nitrogens with zero attached hydrogens (tertiary/aromatic N) is 2. The zero-order valence-electron chi connectivity index (χ0n) is 15.0. The lowest BCUT2D eigenvalue weighted by atomic mass is 10.1. The number of likely N-dealkylation sites (tertiary alicyclic amines) is 1. The van der Waals surface area contributed by atoms with Crippen LogP contribution in [0, 0.1) is 5.82 Å². The number of hydrogen-bond acceptors (Lipinski definition) is 5. The Labute approximate surface area is 156 Å². The predicted octanol–water partition coefficient (Wildman–Crippen LogP) is 1.72. The summed E-state index contributed by atoms with van der Waals surface area (Å²) in [6.07, 6.45) is 2.39. The number of halogens is 1. The van der Waals surface area contributed by atoms with Gasteiger partial charge in [-0.15, -0.1) is 0 Å². The maximum absolute atomic E-state index is 13.6. The molecule has 1 aromatic heterocycles. The zero-order valence-corrected chi connectivity index (χ0v) is 15.0. The minimum absolute atomic E-state index is 0.0367. The Hall–Kier alpha value is -2.45.